The molecule has 5 rings (SSSR count). The average Bonchev–Trinajstić information content (AvgIpc) is 3.44. The van der Waals surface area contributed by atoms with Crippen LogP contribution in [-0.4, -0.2) is 39.1 Å². The maximum absolute atomic E-state index is 13.1. The molecule has 0 radical (unpaired) electrons. The standard InChI is InChI=1S/C28H27N5O2S/c1-19-11-16-24(33(19)21-12-14-22(35-2)15-13-21)27-26(23-10-6-7-17-29-23)31-28(36)32(27)18-25(34)30-20-8-4-3-5-9-20/h3-17,26-27H,18H2,1-2H3,(H,30,34)(H,31,36)/t26-,27+/m0/s1. The molecule has 1 saturated heterocycles. The lowest BCUT2D eigenvalue weighted by atomic mass is 10.0. The van der Waals surface area contributed by atoms with Crippen molar-refractivity contribution in [3.8, 4) is 11.4 Å². The maximum atomic E-state index is 13.1. The van der Waals surface area contributed by atoms with Crippen molar-refractivity contribution < 1.29 is 9.53 Å². The number of pyridine rings is 1. The van der Waals surface area contributed by atoms with Gasteiger partial charge in [0.15, 0.2) is 5.11 Å². The van der Waals surface area contributed by atoms with E-state index >= 15 is 0 Å². The van der Waals surface area contributed by atoms with Gasteiger partial charge in [0.1, 0.15) is 12.3 Å². The Bertz CT molecular complexity index is 1360. The molecule has 4 aromatic rings. The van der Waals surface area contributed by atoms with Crippen LogP contribution >= 0.6 is 12.2 Å². The van der Waals surface area contributed by atoms with Crippen molar-refractivity contribution in [2.75, 3.05) is 19.0 Å². The van der Waals surface area contributed by atoms with E-state index in [2.05, 4.69) is 39.2 Å². The molecule has 2 atom stereocenters. The second-order valence-electron chi connectivity index (χ2n) is 8.60. The molecule has 7 nitrogen and oxygen atoms in total. The van der Waals surface area contributed by atoms with Gasteiger partial charge in [0.05, 0.1) is 24.9 Å². The molecule has 1 aliphatic rings. The number of carbonyl (C=O) groups is 1. The van der Waals surface area contributed by atoms with Gasteiger partial charge in [-0.2, -0.15) is 0 Å². The van der Waals surface area contributed by atoms with Gasteiger partial charge >= 0.3 is 0 Å². The highest BCUT2D eigenvalue weighted by Crippen LogP contribution is 2.40. The lowest BCUT2D eigenvalue weighted by Gasteiger charge is -2.29. The lowest BCUT2D eigenvalue weighted by molar-refractivity contribution is -0.116. The molecule has 0 aliphatic carbocycles. The first-order chi connectivity index (χ1) is 17.5. The van der Waals surface area contributed by atoms with Gasteiger partial charge in [0.25, 0.3) is 0 Å². The molecule has 1 aliphatic heterocycles. The number of carbonyl (C=O) groups excluding carboxylic acids is 1. The molecule has 0 saturated carbocycles. The van der Waals surface area contributed by atoms with E-state index in [-0.39, 0.29) is 24.5 Å². The zero-order valence-corrected chi connectivity index (χ0v) is 20.9. The largest absolute Gasteiger partial charge is 0.497 e. The van der Waals surface area contributed by atoms with Gasteiger partial charge in [0.2, 0.25) is 5.91 Å². The second kappa shape index (κ2) is 10.2. The number of benzene rings is 2. The quantitative estimate of drug-likeness (QED) is 0.358. The minimum atomic E-state index is -0.260. The molecule has 2 aromatic carbocycles. The number of methoxy groups -OCH3 is 1. The number of aromatic nitrogens is 2. The van der Waals surface area contributed by atoms with Gasteiger partial charge in [-0.3, -0.25) is 9.78 Å². The number of thiocarbonyl (C=S) groups is 1. The van der Waals surface area contributed by atoms with Crippen LogP contribution in [-0.2, 0) is 4.79 Å². The van der Waals surface area contributed by atoms with Crippen molar-refractivity contribution in [3.63, 3.8) is 0 Å². The van der Waals surface area contributed by atoms with E-state index < -0.39 is 0 Å². The Labute approximate surface area is 215 Å². The molecular weight excluding hydrogens is 470 g/mol. The summed E-state index contributed by atoms with van der Waals surface area (Å²) in [5, 5.41) is 6.91. The third-order valence-corrected chi connectivity index (χ3v) is 6.66. The summed E-state index contributed by atoms with van der Waals surface area (Å²) in [4.78, 5) is 19.6. The van der Waals surface area contributed by atoms with Gasteiger partial charge in [0, 0.05) is 29.0 Å². The minimum Gasteiger partial charge on any atom is -0.497 e. The van der Waals surface area contributed by atoms with Crippen molar-refractivity contribution in [2.45, 2.75) is 19.0 Å². The number of rotatable bonds is 7. The topological polar surface area (TPSA) is 71.4 Å². The Balaban J connectivity index is 1.54. The second-order valence-corrected chi connectivity index (χ2v) is 8.99. The molecule has 3 heterocycles. The number of hydrogen-bond acceptors (Lipinski definition) is 4. The van der Waals surface area contributed by atoms with Gasteiger partial charge in [-0.1, -0.05) is 24.3 Å². The molecule has 182 valence electrons. The summed E-state index contributed by atoms with van der Waals surface area (Å²) in [6.07, 6.45) is 1.77. The number of amides is 1. The summed E-state index contributed by atoms with van der Waals surface area (Å²) in [6.45, 7) is 2.16. The highest BCUT2D eigenvalue weighted by molar-refractivity contribution is 7.80. The number of nitrogens with one attached hydrogen (secondary N) is 2. The van der Waals surface area contributed by atoms with E-state index in [1.165, 1.54) is 0 Å². The van der Waals surface area contributed by atoms with E-state index in [1.54, 1.807) is 13.3 Å². The Morgan fingerprint density at radius 3 is 2.47 bits per heavy atom. The van der Waals surface area contributed by atoms with Crippen LogP contribution in [0.3, 0.4) is 0 Å². The van der Waals surface area contributed by atoms with Crippen LogP contribution in [0.15, 0.2) is 91.1 Å². The van der Waals surface area contributed by atoms with Crippen LogP contribution in [0.2, 0.25) is 0 Å². The summed E-state index contributed by atoms with van der Waals surface area (Å²) in [5.41, 5.74) is 4.68. The van der Waals surface area contributed by atoms with Crippen LogP contribution in [0.25, 0.3) is 5.69 Å². The first-order valence-corrected chi connectivity index (χ1v) is 12.1. The van der Waals surface area contributed by atoms with Crippen LogP contribution in [0.4, 0.5) is 5.69 Å². The van der Waals surface area contributed by atoms with E-state index in [0.717, 1.165) is 34.2 Å². The van der Waals surface area contributed by atoms with Crippen molar-refractivity contribution in [2.24, 2.45) is 0 Å². The smallest absolute Gasteiger partial charge is 0.244 e. The maximum Gasteiger partial charge on any atom is 0.244 e. The van der Waals surface area contributed by atoms with E-state index in [4.69, 9.17) is 17.0 Å². The summed E-state index contributed by atoms with van der Waals surface area (Å²) >= 11 is 5.76. The predicted octanol–water partition coefficient (Wildman–Crippen LogP) is 4.80. The highest BCUT2D eigenvalue weighted by Gasteiger charge is 2.42. The molecule has 0 spiro atoms. The number of anilines is 1. The minimum absolute atomic E-state index is 0.0988. The monoisotopic (exact) mass is 497 g/mol. The zero-order chi connectivity index (χ0) is 25.1. The van der Waals surface area contributed by atoms with Gasteiger partial charge in [-0.25, -0.2) is 0 Å². The molecule has 0 bridgehead atoms. The molecular formula is C28H27N5O2S. The van der Waals surface area contributed by atoms with E-state index in [9.17, 15) is 4.79 Å². The zero-order valence-electron chi connectivity index (χ0n) is 20.1. The average molecular weight is 498 g/mol. The van der Waals surface area contributed by atoms with Gasteiger partial charge in [-0.15, -0.1) is 0 Å². The molecule has 8 heteroatoms. The fourth-order valence-electron chi connectivity index (χ4n) is 4.65. The Morgan fingerprint density at radius 1 is 1.03 bits per heavy atom. The third-order valence-electron chi connectivity index (χ3n) is 6.31. The van der Waals surface area contributed by atoms with Crippen molar-refractivity contribution in [3.05, 3.63) is 108 Å². The van der Waals surface area contributed by atoms with E-state index in [0.29, 0.717) is 5.11 Å². The van der Waals surface area contributed by atoms with Gasteiger partial charge < -0.3 is 24.8 Å². The number of hydrogen-bond donors (Lipinski definition) is 2. The normalized spacial score (nSPS) is 17.1. The summed E-state index contributed by atoms with van der Waals surface area (Å²) in [6, 6.07) is 26.9. The fourth-order valence-corrected chi connectivity index (χ4v) is 4.95. The van der Waals surface area contributed by atoms with Gasteiger partial charge in [-0.05, 0) is 79.8 Å². The molecule has 2 aromatic heterocycles. The van der Waals surface area contributed by atoms with Crippen LogP contribution < -0.4 is 15.4 Å². The number of aryl methyl sites for hydroxylation is 1. The van der Waals surface area contributed by atoms with Crippen LogP contribution in [0.5, 0.6) is 5.75 Å². The highest BCUT2D eigenvalue weighted by atomic mass is 32.1. The van der Waals surface area contributed by atoms with Crippen LogP contribution in [0.1, 0.15) is 29.2 Å². The molecule has 1 amide bonds. The van der Waals surface area contributed by atoms with Crippen molar-refractivity contribution in [1.82, 2.24) is 19.8 Å². The third kappa shape index (κ3) is 4.67. The predicted molar refractivity (Wildman–Crippen MR) is 144 cm³/mol. The summed E-state index contributed by atoms with van der Waals surface area (Å²) in [7, 11) is 1.66. The number of ether oxygens (including phenoxy) is 1. The first-order valence-electron chi connectivity index (χ1n) is 11.7. The first kappa shape index (κ1) is 23.6. The SMILES string of the molecule is COc1ccc(-n2c(C)ccc2[C@@H]2[C@H](c3ccccn3)NC(=S)N2CC(=O)Nc2ccccc2)cc1. The van der Waals surface area contributed by atoms with E-state index in [1.807, 2.05) is 77.7 Å². The molecule has 2 N–H and O–H groups in total. The molecule has 1 fully saturated rings. The van der Waals surface area contributed by atoms with Crippen LogP contribution in [0, 0.1) is 6.92 Å². The Kier molecular flexibility index (Phi) is 6.69. The Morgan fingerprint density at radius 2 is 1.78 bits per heavy atom. The summed E-state index contributed by atoms with van der Waals surface area (Å²) < 4.78 is 7.54. The Hall–Kier alpha value is -4.17. The molecule has 0 unspecified atom stereocenters. The fraction of sp³-hybridized carbons (Fsp3) is 0.179. The lowest BCUT2D eigenvalue weighted by Crippen LogP contribution is -2.37. The van der Waals surface area contributed by atoms with Crippen molar-refractivity contribution >= 4 is 28.9 Å². The summed E-state index contributed by atoms with van der Waals surface area (Å²) in [5.74, 6) is 0.649. The van der Waals surface area contributed by atoms with Crippen molar-refractivity contribution in [1.29, 1.82) is 0 Å². The molecule has 36 heavy (non-hydrogen) atoms. The number of para-hydroxylation sites is 1. The number of nitrogens with zero attached hydrogens (tertiary/aromatic N) is 3.